The SMILES string of the molecule is COC(=O)[C@@H](CNS(=O)(=O)c1ccc(C)cc1)[C@H](Nc1ccc(OC)cc1)c1ccccc1. The van der Waals surface area contributed by atoms with Crippen molar-refractivity contribution in [2.45, 2.75) is 17.9 Å². The van der Waals surface area contributed by atoms with Gasteiger partial charge < -0.3 is 14.8 Å². The number of sulfonamides is 1. The maximum absolute atomic E-state index is 12.8. The van der Waals surface area contributed by atoms with E-state index in [9.17, 15) is 13.2 Å². The quantitative estimate of drug-likeness (QED) is 0.438. The van der Waals surface area contributed by atoms with Crippen molar-refractivity contribution in [3.63, 3.8) is 0 Å². The Kier molecular flexibility index (Phi) is 8.08. The Labute approximate surface area is 194 Å². The number of carbonyl (C=O) groups is 1. The van der Waals surface area contributed by atoms with Gasteiger partial charge in [0.1, 0.15) is 5.75 Å². The van der Waals surface area contributed by atoms with E-state index in [1.54, 1.807) is 31.4 Å². The van der Waals surface area contributed by atoms with E-state index in [2.05, 4.69) is 10.0 Å². The third-order valence-corrected chi connectivity index (χ3v) is 6.74. The molecule has 0 radical (unpaired) electrons. The molecule has 3 aromatic carbocycles. The predicted octanol–water partition coefficient (Wildman–Crippen LogP) is 3.92. The van der Waals surface area contributed by atoms with Crippen molar-refractivity contribution < 1.29 is 22.7 Å². The summed E-state index contributed by atoms with van der Waals surface area (Å²) in [5, 5.41) is 3.35. The molecule has 0 fully saturated rings. The number of carbonyl (C=O) groups excluding carboxylic acids is 1. The third kappa shape index (κ3) is 6.34. The summed E-state index contributed by atoms with van der Waals surface area (Å²) in [5.41, 5.74) is 2.52. The van der Waals surface area contributed by atoms with Crippen molar-refractivity contribution >= 4 is 21.7 Å². The molecule has 0 unspecified atom stereocenters. The molecule has 0 aliphatic carbocycles. The largest absolute Gasteiger partial charge is 0.497 e. The second-order valence-electron chi connectivity index (χ2n) is 7.56. The minimum atomic E-state index is -3.81. The summed E-state index contributed by atoms with van der Waals surface area (Å²) >= 11 is 0. The third-order valence-electron chi connectivity index (χ3n) is 5.30. The highest BCUT2D eigenvalue weighted by molar-refractivity contribution is 7.89. The fourth-order valence-corrected chi connectivity index (χ4v) is 4.49. The number of nitrogens with one attached hydrogen (secondary N) is 2. The molecule has 0 saturated heterocycles. The van der Waals surface area contributed by atoms with Crippen LogP contribution < -0.4 is 14.8 Å². The number of rotatable bonds is 10. The number of benzene rings is 3. The molecule has 0 aliphatic rings. The van der Waals surface area contributed by atoms with Gasteiger partial charge in [0, 0.05) is 12.2 Å². The Hall–Kier alpha value is -3.36. The van der Waals surface area contributed by atoms with Gasteiger partial charge in [-0.2, -0.15) is 0 Å². The van der Waals surface area contributed by atoms with E-state index >= 15 is 0 Å². The molecular weight excluding hydrogens is 440 g/mol. The Balaban J connectivity index is 1.90. The first-order valence-electron chi connectivity index (χ1n) is 10.4. The molecule has 174 valence electrons. The van der Waals surface area contributed by atoms with Gasteiger partial charge in [0.05, 0.1) is 31.1 Å². The van der Waals surface area contributed by atoms with Crippen LogP contribution in [0.15, 0.2) is 83.8 Å². The van der Waals surface area contributed by atoms with Crippen LogP contribution in [0.4, 0.5) is 5.69 Å². The summed E-state index contributed by atoms with van der Waals surface area (Å²) < 4.78 is 38.5. The molecule has 0 aromatic heterocycles. The van der Waals surface area contributed by atoms with Gasteiger partial charge in [0.15, 0.2) is 0 Å². The Bertz CT molecular complexity index is 1150. The van der Waals surface area contributed by atoms with Crippen LogP contribution in [0.5, 0.6) is 5.75 Å². The minimum Gasteiger partial charge on any atom is -0.497 e. The molecule has 2 N–H and O–H groups in total. The van der Waals surface area contributed by atoms with Crippen molar-refractivity contribution in [2.75, 3.05) is 26.1 Å². The van der Waals surface area contributed by atoms with Crippen molar-refractivity contribution in [1.82, 2.24) is 4.72 Å². The normalized spacial score (nSPS) is 13.1. The number of hydrogen-bond donors (Lipinski definition) is 2. The molecule has 0 saturated carbocycles. The molecule has 33 heavy (non-hydrogen) atoms. The zero-order valence-corrected chi connectivity index (χ0v) is 19.6. The van der Waals surface area contributed by atoms with Gasteiger partial charge in [-0.25, -0.2) is 13.1 Å². The molecule has 0 aliphatic heterocycles. The van der Waals surface area contributed by atoms with Crippen LogP contribution in [0.25, 0.3) is 0 Å². The predicted molar refractivity (Wildman–Crippen MR) is 128 cm³/mol. The lowest BCUT2D eigenvalue weighted by Gasteiger charge is -2.28. The standard InChI is InChI=1S/C25H28N2O5S/c1-18-9-15-22(16-10-18)33(29,30)26-17-23(25(28)32-3)24(19-7-5-4-6-8-19)27-20-11-13-21(31-2)14-12-20/h4-16,23-24,26-27H,17H2,1-3H3/t23-,24+/m0/s1. The maximum atomic E-state index is 12.8. The van der Waals surface area contributed by atoms with Gasteiger partial charge >= 0.3 is 5.97 Å². The lowest BCUT2D eigenvalue weighted by atomic mass is 9.92. The maximum Gasteiger partial charge on any atom is 0.312 e. The highest BCUT2D eigenvalue weighted by atomic mass is 32.2. The van der Waals surface area contributed by atoms with E-state index in [4.69, 9.17) is 9.47 Å². The molecule has 7 nitrogen and oxygen atoms in total. The Morgan fingerprint density at radius 3 is 2.12 bits per heavy atom. The van der Waals surface area contributed by atoms with Crippen LogP contribution in [0.1, 0.15) is 17.2 Å². The number of ether oxygens (including phenoxy) is 2. The van der Waals surface area contributed by atoms with E-state index < -0.39 is 28.0 Å². The first kappa shape index (κ1) is 24.3. The van der Waals surface area contributed by atoms with Crippen LogP contribution in [-0.4, -0.2) is 35.2 Å². The number of esters is 1. The smallest absolute Gasteiger partial charge is 0.312 e. The molecule has 0 spiro atoms. The van der Waals surface area contributed by atoms with E-state index in [0.29, 0.717) is 5.75 Å². The first-order valence-corrected chi connectivity index (χ1v) is 11.9. The Morgan fingerprint density at radius 2 is 1.55 bits per heavy atom. The molecule has 0 bridgehead atoms. The number of methoxy groups -OCH3 is 2. The number of anilines is 1. The van der Waals surface area contributed by atoms with Gasteiger partial charge in [-0.05, 0) is 48.9 Å². The number of hydrogen-bond acceptors (Lipinski definition) is 6. The number of aryl methyl sites for hydroxylation is 1. The summed E-state index contributed by atoms with van der Waals surface area (Å²) in [7, 11) is -0.937. The van der Waals surface area contributed by atoms with Gasteiger partial charge in [-0.3, -0.25) is 4.79 Å². The molecule has 3 rings (SSSR count). The summed E-state index contributed by atoms with van der Waals surface area (Å²) in [5.74, 6) is -0.664. The zero-order chi connectivity index (χ0) is 23.8. The monoisotopic (exact) mass is 468 g/mol. The molecule has 0 heterocycles. The van der Waals surface area contributed by atoms with Crippen LogP contribution in [0.3, 0.4) is 0 Å². The topological polar surface area (TPSA) is 93.7 Å². The van der Waals surface area contributed by atoms with Gasteiger partial charge in [-0.15, -0.1) is 0 Å². The van der Waals surface area contributed by atoms with Crippen LogP contribution in [0, 0.1) is 12.8 Å². The average molecular weight is 469 g/mol. The fourth-order valence-electron chi connectivity index (χ4n) is 3.43. The second kappa shape index (κ2) is 11.0. The van der Waals surface area contributed by atoms with Crippen LogP contribution >= 0.6 is 0 Å². The zero-order valence-electron chi connectivity index (χ0n) is 18.8. The van der Waals surface area contributed by atoms with Crippen molar-refractivity contribution in [2.24, 2.45) is 5.92 Å². The van der Waals surface area contributed by atoms with Crippen molar-refractivity contribution in [3.8, 4) is 5.75 Å². The van der Waals surface area contributed by atoms with Gasteiger partial charge in [0.25, 0.3) is 0 Å². The lowest BCUT2D eigenvalue weighted by Crippen LogP contribution is -2.39. The molecule has 3 aromatic rings. The summed E-state index contributed by atoms with van der Waals surface area (Å²) in [6.07, 6.45) is 0. The van der Waals surface area contributed by atoms with Crippen LogP contribution in [0.2, 0.25) is 0 Å². The highest BCUT2D eigenvalue weighted by Gasteiger charge is 2.32. The molecule has 2 atom stereocenters. The molecule has 8 heteroatoms. The Morgan fingerprint density at radius 1 is 0.909 bits per heavy atom. The summed E-state index contributed by atoms with van der Waals surface area (Å²) in [6.45, 7) is 1.73. The van der Waals surface area contributed by atoms with E-state index in [0.717, 1.165) is 16.8 Å². The fraction of sp³-hybridized carbons (Fsp3) is 0.240. The van der Waals surface area contributed by atoms with E-state index in [-0.39, 0.29) is 11.4 Å². The van der Waals surface area contributed by atoms with Crippen molar-refractivity contribution in [1.29, 1.82) is 0 Å². The second-order valence-corrected chi connectivity index (χ2v) is 9.32. The van der Waals surface area contributed by atoms with Gasteiger partial charge in [-0.1, -0.05) is 48.0 Å². The van der Waals surface area contributed by atoms with Crippen LogP contribution in [-0.2, 0) is 19.6 Å². The van der Waals surface area contributed by atoms with Gasteiger partial charge in [0.2, 0.25) is 10.0 Å². The minimum absolute atomic E-state index is 0.135. The summed E-state index contributed by atoms with van der Waals surface area (Å²) in [6, 6.07) is 22.6. The molecular formula is C25H28N2O5S. The van der Waals surface area contributed by atoms with Crippen molar-refractivity contribution in [3.05, 3.63) is 90.0 Å². The highest BCUT2D eigenvalue weighted by Crippen LogP contribution is 2.29. The average Bonchev–Trinajstić information content (AvgIpc) is 2.84. The van der Waals surface area contributed by atoms with E-state index in [1.807, 2.05) is 49.4 Å². The first-order chi connectivity index (χ1) is 15.8. The lowest BCUT2D eigenvalue weighted by molar-refractivity contribution is -0.145. The molecule has 0 amide bonds. The summed E-state index contributed by atoms with van der Waals surface area (Å²) in [4.78, 5) is 12.9. The van der Waals surface area contributed by atoms with E-state index in [1.165, 1.54) is 19.2 Å².